The third-order valence-electron chi connectivity index (χ3n) is 2.35. The quantitative estimate of drug-likeness (QED) is 0.689. The molecule has 0 bridgehead atoms. The van der Waals surface area contributed by atoms with E-state index >= 15 is 0 Å². The Labute approximate surface area is 98.8 Å². The summed E-state index contributed by atoms with van der Waals surface area (Å²) in [6.07, 6.45) is 1.62. The summed E-state index contributed by atoms with van der Waals surface area (Å²) in [5, 5.41) is 29.7. The lowest BCUT2D eigenvalue weighted by Crippen LogP contribution is -2.14. The van der Waals surface area contributed by atoms with Crippen LogP contribution in [0.25, 0.3) is 0 Å². The van der Waals surface area contributed by atoms with Gasteiger partial charge in [0.25, 0.3) is 0 Å². The zero-order valence-electron chi connectivity index (χ0n) is 9.17. The van der Waals surface area contributed by atoms with Gasteiger partial charge in [0.05, 0.1) is 5.69 Å². The molecular formula is C12H13N3O2. The van der Waals surface area contributed by atoms with Crippen molar-refractivity contribution in [3.05, 3.63) is 47.8 Å². The molecule has 1 aromatic heterocycles. The van der Waals surface area contributed by atoms with Crippen molar-refractivity contribution in [2.24, 2.45) is 0 Å². The van der Waals surface area contributed by atoms with E-state index < -0.39 is 0 Å². The minimum absolute atomic E-state index is 0.0841. The van der Waals surface area contributed by atoms with Crippen LogP contribution in [0.5, 0.6) is 11.5 Å². The van der Waals surface area contributed by atoms with E-state index in [0.29, 0.717) is 18.7 Å². The van der Waals surface area contributed by atoms with Crippen LogP contribution in [0.1, 0.15) is 11.3 Å². The first-order chi connectivity index (χ1) is 8.27. The standard InChI is InChI=1S/C12H13N3O2/c16-11-5-1-3-9(12(11)17)7-13-8-10-4-2-6-14-15-10/h1-6,13,16-17H,7-8H2. The molecule has 17 heavy (non-hydrogen) atoms. The molecule has 1 heterocycles. The number of benzene rings is 1. The van der Waals surface area contributed by atoms with Gasteiger partial charge in [-0.05, 0) is 18.2 Å². The summed E-state index contributed by atoms with van der Waals surface area (Å²) in [4.78, 5) is 0. The van der Waals surface area contributed by atoms with Gasteiger partial charge in [-0.2, -0.15) is 10.2 Å². The lowest BCUT2D eigenvalue weighted by atomic mass is 10.2. The van der Waals surface area contributed by atoms with Crippen LogP contribution in [0.2, 0.25) is 0 Å². The summed E-state index contributed by atoms with van der Waals surface area (Å²) < 4.78 is 0. The number of nitrogens with zero attached hydrogens (tertiary/aromatic N) is 2. The maximum Gasteiger partial charge on any atom is 0.161 e. The largest absolute Gasteiger partial charge is 0.504 e. The van der Waals surface area contributed by atoms with E-state index in [2.05, 4.69) is 15.5 Å². The van der Waals surface area contributed by atoms with Gasteiger partial charge >= 0.3 is 0 Å². The van der Waals surface area contributed by atoms with Crippen LogP contribution in [0, 0.1) is 0 Å². The Morgan fingerprint density at radius 2 is 1.94 bits per heavy atom. The Bertz CT molecular complexity index is 488. The molecule has 0 radical (unpaired) electrons. The Hall–Kier alpha value is -2.14. The number of aromatic hydroxyl groups is 2. The van der Waals surface area contributed by atoms with Gasteiger partial charge in [0.1, 0.15) is 0 Å². The molecule has 0 amide bonds. The van der Waals surface area contributed by atoms with Crippen molar-refractivity contribution < 1.29 is 10.2 Å². The number of hydrogen-bond donors (Lipinski definition) is 3. The molecule has 0 aliphatic rings. The first-order valence-electron chi connectivity index (χ1n) is 5.24. The molecule has 2 aromatic rings. The molecule has 5 nitrogen and oxygen atoms in total. The fraction of sp³-hybridized carbons (Fsp3) is 0.167. The zero-order valence-corrected chi connectivity index (χ0v) is 9.17. The van der Waals surface area contributed by atoms with Gasteiger partial charge in [0.2, 0.25) is 0 Å². The van der Waals surface area contributed by atoms with Crippen LogP contribution in [0.15, 0.2) is 36.5 Å². The average Bonchev–Trinajstić information content (AvgIpc) is 2.36. The van der Waals surface area contributed by atoms with E-state index in [1.807, 2.05) is 12.1 Å². The molecule has 88 valence electrons. The third kappa shape index (κ3) is 2.92. The van der Waals surface area contributed by atoms with Gasteiger partial charge in [0.15, 0.2) is 11.5 Å². The predicted molar refractivity (Wildman–Crippen MR) is 62.3 cm³/mol. The molecule has 0 spiro atoms. The highest BCUT2D eigenvalue weighted by Gasteiger charge is 2.04. The van der Waals surface area contributed by atoms with Gasteiger partial charge in [0, 0.05) is 24.8 Å². The second kappa shape index (κ2) is 5.27. The van der Waals surface area contributed by atoms with Gasteiger partial charge < -0.3 is 15.5 Å². The molecular weight excluding hydrogens is 218 g/mol. The predicted octanol–water partition coefficient (Wildman–Crippen LogP) is 1.18. The molecule has 0 saturated carbocycles. The number of hydrogen-bond acceptors (Lipinski definition) is 5. The maximum absolute atomic E-state index is 9.58. The summed E-state index contributed by atoms with van der Waals surface area (Å²) in [5.41, 5.74) is 1.47. The fourth-order valence-corrected chi connectivity index (χ4v) is 1.47. The summed E-state index contributed by atoms with van der Waals surface area (Å²) in [7, 11) is 0. The Balaban J connectivity index is 1.93. The normalized spacial score (nSPS) is 10.4. The number of aromatic nitrogens is 2. The molecule has 1 aromatic carbocycles. The second-order valence-electron chi connectivity index (χ2n) is 3.60. The SMILES string of the molecule is Oc1cccc(CNCc2cccnn2)c1O. The van der Waals surface area contributed by atoms with E-state index in [9.17, 15) is 10.2 Å². The van der Waals surface area contributed by atoms with Gasteiger partial charge in [-0.3, -0.25) is 0 Å². The van der Waals surface area contributed by atoms with Crippen molar-refractivity contribution in [1.82, 2.24) is 15.5 Å². The van der Waals surface area contributed by atoms with Crippen LogP contribution < -0.4 is 5.32 Å². The minimum Gasteiger partial charge on any atom is -0.504 e. The summed E-state index contributed by atoms with van der Waals surface area (Å²) in [5.74, 6) is -0.192. The zero-order chi connectivity index (χ0) is 12.1. The topological polar surface area (TPSA) is 78.3 Å². The summed E-state index contributed by atoms with van der Waals surface area (Å²) in [6, 6.07) is 8.56. The third-order valence-corrected chi connectivity index (χ3v) is 2.35. The number of phenolic OH excluding ortho intramolecular Hbond substituents is 2. The number of para-hydroxylation sites is 1. The van der Waals surface area contributed by atoms with Crippen LogP contribution in [0.4, 0.5) is 0 Å². The van der Waals surface area contributed by atoms with Crippen molar-refractivity contribution in [3.8, 4) is 11.5 Å². The minimum atomic E-state index is -0.108. The highest BCUT2D eigenvalue weighted by atomic mass is 16.3. The molecule has 0 fully saturated rings. The van der Waals surface area contributed by atoms with Gasteiger partial charge in [-0.1, -0.05) is 12.1 Å². The summed E-state index contributed by atoms with van der Waals surface area (Å²) in [6.45, 7) is 1.01. The first-order valence-corrected chi connectivity index (χ1v) is 5.24. The fourth-order valence-electron chi connectivity index (χ4n) is 1.47. The smallest absolute Gasteiger partial charge is 0.161 e. The average molecular weight is 231 g/mol. The summed E-state index contributed by atoms with van der Waals surface area (Å²) >= 11 is 0. The highest BCUT2D eigenvalue weighted by molar-refractivity contribution is 5.44. The van der Waals surface area contributed by atoms with Gasteiger partial charge in [-0.15, -0.1) is 0 Å². The van der Waals surface area contributed by atoms with E-state index in [0.717, 1.165) is 5.69 Å². The molecule has 0 atom stereocenters. The maximum atomic E-state index is 9.58. The Morgan fingerprint density at radius 3 is 2.71 bits per heavy atom. The van der Waals surface area contributed by atoms with Crippen LogP contribution in [-0.4, -0.2) is 20.4 Å². The van der Waals surface area contributed by atoms with Crippen LogP contribution >= 0.6 is 0 Å². The second-order valence-corrected chi connectivity index (χ2v) is 3.60. The molecule has 0 saturated heterocycles. The van der Waals surface area contributed by atoms with Crippen LogP contribution in [-0.2, 0) is 13.1 Å². The van der Waals surface area contributed by atoms with Crippen molar-refractivity contribution in [3.63, 3.8) is 0 Å². The number of nitrogens with one attached hydrogen (secondary N) is 1. The lowest BCUT2D eigenvalue weighted by molar-refractivity contribution is 0.397. The molecule has 2 rings (SSSR count). The molecule has 3 N–H and O–H groups in total. The Kier molecular flexibility index (Phi) is 3.52. The molecule has 0 unspecified atom stereocenters. The van der Waals surface area contributed by atoms with Crippen LogP contribution in [0.3, 0.4) is 0 Å². The monoisotopic (exact) mass is 231 g/mol. The molecule has 5 heteroatoms. The Morgan fingerprint density at radius 1 is 1.06 bits per heavy atom. The van der Waals surface area contributed by atoms with Crippen molar-refractivity contribution in [2.45, 2.75) is 13.1 Å². The van der Waals surface area contributed by atoms with Crippen molar-refractivity contribution in [1.29, 1.82) is 0 Å². The van der Waals surface area contributed by atoms with E-state index in [1.165, 1.54) is 6.07 Å². The number of rotatable bonds is 4. The first kappa shape index (κ1) is 11.3. The van der Waals surface area contributed by atoms with E-state index in [4.69, 9.17) is 0 Å². The number of phenols is 2. The van der Waals surface area contributed by atoms with Crippen molar-refractivity contribution in [2.75, 3.05) is 0 Å². The molecule has 0 aliphatic carbocycles. The highest BCUT2D eigenvalue weighted by Crippen LogP contribution is 2.27. The van der Waals surface area contributed by atoms with E-state index in [-0.39, 0.29) is 11.5 Å². The van der Waals surface area contributed by atoms with Crippen molar-refractivity contribution >= 4 is 0 Å². The lowest BCUT2D eigenvalue weighted by Gasteiger charge is -2.07. The van der Waals surface area contributed by atoms with Gasteiger partial charge in [-0.25, -0.2) is 0 Å². The van der Waals surface area contributed by atoms with E-state index in [1.54, 1.807) is 18.3 Å². The molecule has 0 aliphatic heterocycles.